The number of aryl methyl sites for hydroxylation is 1. The van der Waals surface area contributed by atoms with Crippen LogP contribution in [-0.4, -0.2) is 29.4 Å². The lowest BCUT2D eigenvalue weighted by Gasteiger charge is -2.18. The van der Waals surface area contributed by atoms with Crippen LogP contribution in [0.1, 0.15) is 25.6 Å². The first kappa shape index (κ1) is 15.6. The van der Waals surface area contributed by atoms with Gasteiger partial charge in [-0.25, -0.2) is 12.8 Å². The van der Waals surface area contributed by atoms with Gasteiger partial charge in [0.2, 0.25) is 15.9 Å². The number of nitrogens with zero attached hydrogens (tertiary/aromatic N) is 3. The third-order valence-electron chi connectivity index (χ3n) is 2.92. The summed E-state index contributed by atoms with van der Waals surface area (Å²) in [5.41, 5.74) is 0. The molecule has 0 unspecified atom stereocenters. The minimum absolute atomic E-state index is 0.0150. The van der Waals surface area contributed by atoms with E-state index >= 15 is 0 Å². The number of hydrogen-bond acceptors (Lipinski definition) is 5. The van der Waals surface area contributed by atoms with E-state index in [-0.39, 0.29) is 23.8 Å². The zero-order valence-corrected chi connectivity index (χ0v) is 12.6. The first-order chi connectivity index (χ1) is 9.97. The van der Waals surface area contributed by atoms with E-state index < -0.39 is 15.8 Å². The van der Waals surface area contributed by atoms with Crippen LogP contribution in [0, 0.1) is 5.82 Å². The summed E-state index contributed by atoms with van der Waals surface area (Å²) in [6.07, 6.45) is 0.579. The predicted molar refractivity (Wildman–Crippen MR) is 73.3 cm³/mol. The Morgan fingerprint density at radius 1 is 1.33 bits per heavy atom. The van der Waals surface area contributed by atoms with Crippen LogP contribution in [-0.2, 0) is 23.0 Å². The number of benzene rings is 1. The largest absolute Gasteiger partial charge is 0.339 e. The van der Waals surface area contributed by atoms with Crippen molar-refractivity contribution in [2.45, 2.75) is 31.7 Å². The molecule has 2 aromatic rings. The topological polar surface area (TPSA) is 76.3 Å². The van der Waals surface area contributed by atoms with E-state index in [1.165, 1.54) is 22.5 Å². The number of hydrogen-bond donors (Lipinski definition) is 0. The van der Waals surface area contributed by atoms with Gasteiger partial charge in [0, 0.05) is 13.0 Å². The molecule has 21 heavy (non-hydrogen) atoms. The molecule has 0 atom stereocenters. The summed E-state index contributed by atoms with van der Waals surface area (Å²) in [6.45, 7) is 3.75. The molecular formula is C13H16FN3O3S. The molecule has 0 bridgehead atoms. The highest BCUT2D eigenvalue weighted by Gasteiger charge is 2.25. The van der Waals surface area contributed by atoms with Gasteiger partial charge in [0.15, 0.2) is 5.82 Å². The average Bonchev–Trinajstić information content (AvgIpc) is 2.92. The molecule has 0 amide bonds. The zero-order valence-electron chi connectivity index (χ0n) is 11.8. The van der Waals surface area contributed by atoms with Crippen LogP contribution in [0.4, 0.5) is 4.39 Å². The Kier molecular flexibility index (Phi) is 4.69. The normalized spacial score (nSPS) is 12.0. The highest BCUT2D eigenvalue weighted by molar-refractivity contribution is 7.89. The van der Waals surface area contributed by atoms with Crippen molar-refractivity contribution >= 4 is 10.0 Å². The van der Waals surface area contributed by atoms with Crippen LogP contribution in [0.5, 0.6) is 0 Å². The fourth-order valence-electron chi connectivity index (χ4n) is 1.80. The van der Waals surface area contributed by atoms with Crippen molar-refractivity contribution in [2.75, 3.05) is 6.54 Å². The Labute approximate surface area is 122 Å². The molecule has 0 saturated heterocycles. The second-order valence-electron chi connectivity index (χ2n) is 4.35. The number of aromatic nitrogens is 2. The van der Waals surface area contributed by atoms with Gasteiger partial charge in [-0.1, -0.05) is 25.1 Å². The smallest absolute Gasteiger partial charge is 0.243 e. The van der Waals surface area contributed by atoms with Crippen LogP contribution in [0.15, 0.2) is 33.7 Å². The molecule has 1 heterocycles. The summed E-state index contributed by atoms with van der Waals surface area (Å²) in [7, 11) is -3.80. The van der Waals surface area contributed by atoms with Gasteiger partial charge in [0.05, 0.1) is 11.4 Å². The minimum Gasteiger partial charge on any atom is -0.339 e. The average molecular weight is 313 g/mol. The molecule has 0 fully saturated rings. The molecule has 114 valence electrons. The minimum atomic E-state index is -3.80. The second kappa shape index (κ2) is 6.31. The van der Waals surface area contributed by atoms with Crippen molar-refractivity contribution in [1.29, 1.82) is 0 Å². The van der Waals surface area contributed by atoms with E-state index in [9.17, 15) is 12.8 Å². The van der Waals surface area contributed by atoms with Crippen molar-refractivity contribution in [2.24, 2.45) is 0 Å². The SMILES string of the molecule is CCc1nc(CN(CC)S(=O)(=O)c2cccc(F)c2)no1. The Bertz CT molecular complexity index is 715. The van der Waals surface area contributed by atoms with Crippen LogP contribution in [0.2, 0.25) is 0 Å². The molecule has 1 aromatic heterocycles. The molecule has 0 aliphatic rings. The standard InChI is InChI=1S/C13H16FN3O3S/c1-3-13-15-12(16-20-13)9-17(4-2)21(18,19)11-7-5-6-10(14)8-11/h5-8H,3-4,9H2,1-2H3. The summed E-state index contributed by atoms with van der Waals surface area (Å²) in [6, 6.07) is 4.90. The fourth-order valence-corrected chi connectivity index (χ4v) is 3.23. The van der Waals surface area contributed by atoms with Crippen molar-refractivity contribution < 1.29 is 17.3 Å². The van der Waals surface area contributed by atoms with Gasteiger partial charge in [0.25, 0.3) is 0 Å². The summed E-state index contributed by atoms with van der Waals surface area (Å²) in [4.78, 5) is 3.99. The summed E-state index contributed by atoms with van der Waals surface area (Å²) >= 11 is 0. The maximum Gasteiger partial charge on any atom is 0.243 e. The zero-order chi connectivity index (χ0) is 15.5. The highest BCUT2D eigenvalue weighted by atomic mass is 32.2. The maximum atomic E-state index is 13.2. The van der Waals surface area contributed by atoms with Gasteiger partial charge in [-0.15, -0.1) is 0 Å². The van der Waals surface area contributed by atoms with E-state index in [1.807, 2.05) is 6.92 Å². The maximum absolute atomic E-state index is 13.2. The molecule has 1 aromatic carbocycles. The van der Waals surface area contributed by atoms with Crippen molar-refractivity contribution in [3.05, 3.63) is 41.8 Å². The van der Waals surface area contributed by atoms with E-state index in [4.69, 9.17) is 4.52 Å². The Morgan fingerprint density at radius 3 is 2.67 bits per heavy atom. The lowest BCUT2D eigenvalue weighted by molar-refractivity contribution is 0.361. The molecule has 8 heteroatoms. The Hall–Kier alpha value is -1.80. The summed E-state index contributed by atoms with van der Waals surface area (Å²) in [5, 5.41) is 3.73. The molecule has 0 N–H and O–H groups in total. The monoisotopic (exact) mass is 313 g/mol. The van der Waals surface area contributed by atoms with E-state index in [0.717, 1.165) is 6.07 Å². The second-order valence-corrected chi connectivity index (χ2v) is 6.28. The molecule has 0 saturated carbocycles. The Morgan fingerprint density at radius 2 is 2.10 bits per heavy atom. The third-order valence-corrected chi connectivity index (χ3v) is 4.83. The van der Waals surface area contributed by atoms with Crippen molar-refractivity contribution in [3.8, 4) is 0 Å². The van der Waals surface area contributed by atoms with Crippen molar-refractivity contribution in [1.82, 2.24) is 14.4 Å². The van der Waals surface area contributed by atoms with Crippen molar-refractivity contribution in [3.63, 3.8) is 0 Å². The first-order valence-corrected chi connectivity index (χ1v) is 7.98. The van der Waals surface area contributed by atoms with Crippen LogP contribution >= 0.6 is 0 Å². The summed E-state index contributed by atoms with van der Waals surface area (Å²) < 4.78 is 44.3. The fraction of sp³-hybridized carbons (Fsp3) is 0.385. The van der Waals surface area contributed by atoms with Crippen LogP contribution < -0.4 is 0 Å². The molecule has 0 radical (unpaired) electrons. The van der Waals surface area contributed by atoms with E-state index in [1.54, 1.807) is 6.92 Å². The van der Waals surface area contributed by atoms with Gasteiger partial charge in [-0.2, -0.15) is 9.29 Å². The van der Waals surface area contributed by atoms with Crippen LogP contribution in [0.25, 0.3) is 0 Å². The van der Waals surface area contributed by atoms with Gasteiger partial charge in [-0.3, -0.25) is 0 Å². The molecule has 0 aliphatic carbocycles. The number of halogens is 1. The molecular weight excluding hydrogens is 297 g/mol. The lowest BCUT2D eigenvalue weighted by Crippen LogP contribution is -2.31. The molecule has 0 aliphatic heterocycles. The van der Waals surface area contributed by atoms with Gasteiger partial charge in [-0.05, 0) is 18.2 Å². The molecule has 0 spiro atoms. The van der Waals surface area contributed by atoms with E-state index in [0.29, 0.717) is 12.3 Å². The quantitative estimate of drug-likeness (QED) is 0.815. The summed E-state index contributed by atoms with van der Waals surface area (Å²) in [5.74, 6) is 0.137. The number of rotatable bonds is 6. The highest BCUT2D eigenvalue weighted by Crippen LogP contribution is 2.18. The van der Waals surface area contributed by atoms with Gasteiger partial charge in [0.1, 0.15) is 5.82 Å². The lowest BCUT2D eigenvalue weighted by atomic mass is 10.4. The van der Waals surface area contributed by atoms with Gasteiger partial charge >= 0.3 is 0 Å². The third kappa shape index (κ3) is 3.45. The van der Waals surface area contributed by atoms with Crippen LogP contribution in [0.3, 0.4) is 0 Å². The predicted octanol–water partition coefficient (Wildman–Crippen LogP) is 1.98. The number of sulfonamides is 1. The Balaban J connectivity index is 2.27. The van der Waals surface area contributed by atoms with E-state index in [2.05, 4.69) is 10.1 Å². The molecule has 6 nitrogen and oxygen atoms in total. The molecule has 2 rings (SSSR count). The first-order valence-electron chi connectivity index (χ1n) is 6.54. The van der Waals surface area contributed by atoms with Gasteiger partial charge < -0.3 is 4.52 Å².